The number of carbonyl (C=O) groups excluding carboxylic acids is 1. The van der Waals surface area contributed by atoms with E-state index >= 15 is 0 Å². The number of ether oxygens (including phenoxy) is 1. The zero-order valence-corrected chi connectivity index (χ0v) is 16.3. The Balaban J connectivity index is 1.82. The molecule has 2 aromatic carbocycles. The van der Waals surface area contributed by atoms with Crippen LogP contribution in [-0.4, -0.2) is 36.2 Å². The first-order valence-corrected chi connectivity index (χ1v) is 9.90. The van der Waals surface area contributed by atoms with Gasteiger partial charge in [-0.15, -0.1) is 0 Å². The van der Waals surface area contributed by atoms with Crippen molar-refractivity contribution in [2.24, 2.45) is 0 Å². The van der Waals surface area contributed by atoms with Crippen LogP contribution in [0, 0.1) is 5.82 Å². The molecule has 6 heteroatoms. The molecular formula is C23H26FNO4. The van der Waals surface area contributed by atoms with Crippen molar-refractivity contribution in [1.82, 2.24) is 5.32 Å². The summed E-state index contributed by atoms with van der Waals surface area (Å²) >= 11 is 0. The van der Waals surface area contributed by atoms with Crippen LogP contribution in [0.1, 0.15) is 36.8 Å². The van der Waals surface area contributed by atoms with Gasteiger partial charge in [-0.3, -0.25) is 9.59 Å². The van der Waals surface area contributed by atoms with Gasteiger partial charge in [0.05, 0.1) is 5.41 Å². The summed E-state index contributed by atoms with van der Waals surface area (Å²) in [6.07, 6.45) is 1.87. The van der Waals surface area contributed by atoms with E-state index < -0.39 is 11.4 Å². The summed E-state index contributed by atoms with van der Waals surface area (Å²) in [5.74, 6) is -1.39. The van der Waals surface area contributed by atoms with Gasteiger partial charge < -0.3 is 15.2 Å². The van der Waals surface area contributed by atoms with E-state index in [0.29, 0.717) is 38.9 Å². The molecule has 29 heavy (non-hydrogen) atoms. The number of amides is 1. The molecule has 1 fully saturated rings. The molecule has 154 valence electrons. The Morgan fingerprint density at radius 3 is 2.34 bits per heavy atom. The fourth-order valence-electron chi connectivity index (χ4n) is 3.88. The van der Waals surface area contributed by atoms with Crippen LogP contribution in [0.3, 0.4) is 0 Å². The number of benzene rings is 2. The predicted molar refractivity (Wildman–Crippen MR) is 107 cm³/mol. The lowest BCUT2D eigenvalue weighted by atomic mass is 9.73. The molecule has 1 atom stereocenters. The molecule has 0 aliphatic carbocycles. The number of carboxylic acid groups (broad SMARTS) is 1. The normalized spacial score (nSPS) is 16.7. The van der Waals surface area contributed by atoms with E-state index in [0.717, 1.165) is 11.1 Å². The average Bonchev–Trinajstić information content (AvgIpc) is 2.73. The molecular weight excluding hydrogens is 373 g/mol. The molecule has 1 amide bonds. The predicted octanol–water partition coefficient (Wildman–Crippen LogP) is 3.47. The Kier molecular flexibility index (Phi) is 6.99. The number of rotatable bonds is 8. The number of carbonyl (C=O) groups is 2. The summed E-state index contributed by atoms with van der Waals surface area (Å²) < 4.78 is 18.9. The molecule has 2 aromatic rings. The smallest absolute Gasteiger partial charge is 0.303 e. The number of nitrogens with one attached hydrogen (secondary N) is 1. The van der Waals surface area contributed by atoms with Crippen molar-refractivity contribution in [3.63, 3.8) is 0 Å². The third-order valence-corrected chi connectivity index (χ3v) is 5.54. The lowest BCUT2D eigenvalue weighted by molar-refractivity contribution is -0.138. The van der Waals surface area contributed by atoms with Crippen molar-refractivity contribution >= 4 is 11.9 Å². The Hall–Kier alpha value is -2.73. The summed E-state index contributed by atoms with van der Waals surface area (Å²) in [6, 6.07) is 15.4. The lowest BCUT2D eigenvalue weighted by Crippen LogP contribution is -2.51. The van der Waals surface area contributed by atoms with E-state index in [1.807, 2.05) is 30.3 Å². The minimum absolute atomic E-state index is 0.0234. The number of aliphatic carboxylic acids is 1. The maximum atomic E-state index is 13.4. The Bertz CT molecular complexity index is 817. The maximum absolute atomic E-state index is 13.4. The number of hydrogen-bond acceptors (Lipinski definition) is 3. The first kappa shape index (κ1) is 21.0. The fourth-order valence-corrected chi connectivity index (χ4v) is 3.88. The van der Waals surface area contributed by atoms with Crippen molar-refractivity contribution in [1.29, 1.82) is 0 Å². The third kappa shape index (κ3) is 5.41. The van der Waals surface area contributed by atoms with E-state index in [1.165, 1.54) is 12.1 Å². The SMILES string of the molecule is O=C(O)CCC(Cc1ccccc1)NC(=O)C1(c2ccc(F)cc2)CCOCC1. The van der Waals surface area contributed by atoms with Gasteiger partial charge in [-0.05, 0) is 48.9 Å². The van der Waals surface area contributed by atoms with Gasteiger partial charge in [-0.1, -0.05) is 42.5 Å². The van der Waals surface area contributed by atoms with Gasteiger partial charge in [0, 0.05) is 25.7 Å². The highest BCUT2D eigenvalue weighted by Gasteiger charge is 2.42. The van der Waals surface area contributed by atoms with Gasteiger partial charge in [-0.2, -0.15) is 0 Å². The van der Waals surface area contributed by atoms with Crippen LogP contribution in [0.15, 0.2) is 54.6 Å². The standard InChI is InChI=1S/C23H26FNO4/c24-19-8-6-18(7-9-19)23(12-14-29-15-13-23)22(28)25-20(10-11-21(26)27)16-17-4-2-1-3-5-17/h1-9,20H,10-16H2,(H,25,28)(H,26,27). The van der Waals surface area contributed by atoms with Crippen LogP contribution < -0.4 is 5.32 Å². The highest BCUT2D eigenvalue weighted by molar-refractivity contribution is 5.88. The lowest BCUT2D eigenvalue weighted by Gasteiger charge is -2.37. The quantitative estimate of drug-likeness (QED) is 0.713. The van der Waals surface area contributed by atoms with E-state index in [-0.39, 0.29) is 24.2 Å². The molecule has 1 aliphatic rings. The molecule has 5 nitrogen and oxygen atoms in total. The second-order valence-electron chi connectivity index (χ2n) is 7.49. The second-order valence-corrected chi connectivity index (χ2v) is 7.49. The van der Waals surface area contributed by atoms with Crippen LogP contribution in [0.4, 0.5) is 4.39 Å². The zero-order chi connectivity index (χ0) is 20.7. The Morgan fingerprint density at radius 2 is 1.72 bits per heavy atom. The molecule has 0 radical (unpaired) electrons. The Morgan fingerprint density at radius 1 is 1.07 bits per heavy atom. The third-order valence-electron chi connectivity index (χ3n) is 5.54. The molecule has 0 spiro atoms. The second kappa shape index (κ2) is 9.65. The van der Waals surface area contributed by atoms with Crippen LogP contribution in [0.5, 0.6) is 0 Å². The highest BCUT2D eigenvalue weighted by Crippen LogP contribution is 2.35. The molecule has 1 aliphatic heterocycles. The zero-order valence-electron chi connectivity index (χ0n) is 16.3. The van der Waals surface area contributed by atoms with Gasteiger partial charge in [0.25, 0.3) is 0 Å². The van der Waals surface area contributed by atoms with E-state index in [9.17, 15) is 14.0 Å². The molecule has 1 unspecified atom stereocenters. The van der Waals surface area contributed by atoms with Crippen molar-refractivity contribution in [3.8, 4) is 0 Å². The van der Waals surface area contributed by atoms with Crippen molar-refractivity contribution in [2.45, 2.75) is 43.6 Å². The fraction of sp³-hybridized carbons (Fsp3) is 0.391. The molecule has 0 saturated carbocycles. The summed E-state index contributed by atoms with van der Waals surface area (Å²) in [7, 11) is 0. The van der Waals surface area contributed by atoms with Gasteiger partial charge in [-0.25, -0.2) is 4.39 Å². The molecule has 2 N–H and O–H groups in total. The van der Waals surface area contributed by atoms with E-state index in [4.69, 9.17) is 9.84 Å². The molecule has 1 heterocycles. The van der Waals surface area contributed by atoms with Gasteiger partial charge in [0.15, 0.2) is 0 Å². The van der Waals surface area contributed by atoms with Gasteiger partial charge in [0.1, 0.15) is 5.82 Å². The number of carboxylic acids is 1. The average molecular weight is 399 g/mol. The Labute approximate surface area is 169 Å². The van der Waals surface area contributed by atoms with Crippen molar-refractivity contribution in [2.75, 3.05) is 13.2 Å². The van der Waals surface area contributed by atoms with Gasteiger partial charge in [0.2, 0.25) is 5.91 Å². The van der Waals surface area contributed by atoms with Crippen LogP contribution in [-0.2, 0) is 26.2 Å². The monoisotopic (exact) mass is 399 g/mol. The number of hydrogen-bond donors (Lipinski definition) is 2. The number of halogens is 1. The van der Waals surface area contributed by atoms with Gasteiger partial charge >= 0.3 is 5.97 Å². The maximum Gasteiger partial charge on any atom is 0.303 e. The highest BCUT2D eigenvalue weighted by atomic mass is 19.1. The first-order valence-electron chi connectivity index (χ1n) is 9.90. The molecule has 1 saturated heterocycles. The minimum Gasteiger partial charge on any atom is -0.481 e. The van der Waals surface area contributed by atoms with Crippen LogP contribution in [0.25, 0.3) is 0 Å². The summed E-state index contributed by atoms with van der Waals surface area (Å²) in [5, 5.41) is 12.2. The summed E-state index contributed by atoms with van der Waals surface area (Å²) in [6.45, 7) is 0.895. The van der Waals surface area contributed by atoms with Crippen molar-refractivity contribution < 1.29 is 23.8 Å². The largest absolute Gasteiger partial charge is 0.481 e. The van der Waals surface area contributed by atoms with Crippen LogP contribution >= 0.6 is 0 Å². The molecule has 3 rings (SSSR count). The van der Waals surface area contributed by atoms with Crippen LogP contribution in [0.2, 0.25) is 0 Å². The topological polar surface area (TPSA) is 75.6 Å². The van der Waals surface area contributed by atoms with Crippen molar-refractivity contribution in [3.05, 3.63) is 71.5 Å². The van der Waals surface area contributed by atoms with E-state index in [1.54, 1.807) is 12.1 Å². The molecule has 0 aromatic heterocycles. The molecule has 0 bridgehead atoms. The van der Waals surface area contributed by atoms with E-state index in [2.05, 4.69) is 5.32 Å². The summed E-state index contributed by atoms with van der Waals surface area (Å²) in [5.41, 5.74) is 0.992. The first-order chi connectivity index (χ1) is 14.0. The summed E-state index contributed by atoms with van der Waals surface area (Å²) in [4.78, 5) is 24.5. The minimum atomic E-state index is -0.892.